The van der Waals surface area contributed by atoms with Gasteiger partial charge in [-0.25, -0.2) is 12.7 Å². The molecule has 1 aromatic carbocycles. The molecule has 0 radical (unpaired) electrons. The number of piperidine rings is 1. The van der Waals surface area contributed by atoms with Crippen LogP contribution in [-0.4, -0.2) is 50.6 Å². The molecule has 1 N–H and O–H groups in total. The van der Waals surface area contributed by atoms with E-state index in [0.717, 1.165) is 0 Å². The van der Waals surface area contributed by atoms with Gasteiger partial charge in [-0.2, -0.15) is 0 Å². The Labute approximate surface area is 125 Å². The third-order valence-corrected chi connectivity index (χ3v) is 4.70. The van der Waals surface area contributed by atoms with Crippen LogP contribution in [0.2, 0.25) is 0 Å². The molecule has 0 spiro atoms. The summed E-state index contributed by atoms with van der Waals surface area (Å²) in [6.45, 7) is 0.864. The van der Waals surface area contributed by atoms with Crippen molar-refractivity contribution in [1.29, 1.82) is 0 Å². The number of carbonyl (C=O) groups is 1. The first-order valence-corrected chi connectivity index (χ1v) is 8.72. The predicted octanol–water partition coefficient (Wildman–Crippen LogP) is 0.606. The lowest BCUT2D eigenvalue weighted by Crippen LogP contribution is -2.47. The molecule has 6 nitrogen and oxygen atoms in total. The summed E-state index contributed by atoms with van der Waals surface area (Å²) in [6, 6.07) is 9.15. The van der Waals surface area contributed by atoms with Crippen LogP contribution in [-0.2, 0) is 14.8 Å². The summed E-state index contributed by atoms with van der Waals surface area (Å²) in [4.78, 5) is 11.8. The first-order valence-electron chi connectivity index (χ1n) is 6.87. The predicted molar refractivity (Wildman–Crippen MR) is 79.5 cm³/mol. The van der Waals surface area contributed by atoms with Crippen LogP contribution in [0.25, 0.3) is 0 Å². The molecule has 1 amide bonds. The van der Waals surface area contributed by atoms with Crippen LogP contribution in [0.3, 0.4) is 0 Å². The molecule has 0 aromatic heterocycles. The van der Waals surface area contributed by atoms with Crippen molar-refractivity contribution in [3.8, 4) is 5.75 Å². The molecule has 1 fully saturated rings. The quantitative estimate of drug-likeness (QED) is 0.864. The molecule has 1 aliphatic heterocycles. The summed E-state index contributed by atoms with van der Waals surface area (Å²) in [5, 5.41) is 2.88. The number of amides is 1. The molecule has 0 atom stereocenters. The van der Waals surface area contributed by atoms with Gasteiger partial charge in [0.15, 0.2) is 6.61 Å². The first kappa shape index (κ1) is 15.8. The van der Waals surface area contributed by atoms with E-state index < -0.39 is 10.0 Å². The minimum atomic E-state index is -3.13. The monoisotopic (exact) mass is 312 g/mol. The van der Waals surface area contributed by atoms with Gasteiger partial charge in [-0.05, 0) is 25.0 Å². The number of benzene rings is 1. The number of hydrogen-bond acceptors (Lipinski definition) is 4. The standard InChI is InChI=1S/C14H20N2O4S/c1-21(18,19)16-9-7-12(8-10-16)15-14(17)11-20-13-5-3-2-4-6-13/h2-6,12H,7-11H2,1H3,(H,15,17). The highest BCUT2D eigenvalue weighted by Gasteiger charge is 2.25. The molecule has 116 valence electrons. The molecule has 0 unspecified atom stereocenters. The highest BCUT2D eigenvalue weighted by Crippen LogP contribution is 2.13. The molecule has 2 rings (SSSR count). The molecule has 1 aromatic rings. The summed E-state index contributed by atoms with van der Waals surface area (Å²) < 4.78 is 29.6. The van der Waals surface area contributed by atoms with Gasteiger partial charge < -0.3 is 10.1 Å². The lowest BCUT2D eigenvalue weighted by molar-refractivity contribution is -0.124. The van der Waals surface area contributed by atoms with Gasteiger partial charge in [0.25, 0.3) is 5.91 Å². The number of para-hydroxylation sites is 1. The van der Waals surface area contributed by atoms with Crippen molar-refractivity contribution in [2.24, 2.45) is 0 Å². The largest absolute Gasteiger partial charge is 0.484 e. The fourth-order valence-corrected chi connectivity index (χ4v) is 3.14. The zero-order valence-electron chi connectivity index (χ0n) is 12.0. The smallest absolute Gasteiger partial charge is 0.258 e. The van der Waals surface area contributed by atoms with E-state index in [-0.39, 0.29) is 18.6 Å². The fourth-order valence-electron chi connectivity index (χ4n) is 2.27. The Hall–Kier alpha value is -1.60. The van der Waals surface area contributed by atoms with Crippen LogP contribution in [0, 0.1) is 0 Å². The molecule has 7 heteroatoms. The highest BCUT2D eigenvalue weighted by molar-refractivity contribution is 7.88. The van der Waals surface area contributed by atoms with Crippen LogP contribution < -0.4 is 10.1 Å². The average molecular weight is 312 g/mol. The maximum absolute atomic E-state index is 11.8. The van der Waals surface area contributed by atoms with Gasteiger partial charge in [-0.3, -0.25) is 4.79 Å². The number of sulfonamides is 1. The third kappa shape index (κ3) is 5.02. The summed E-state index contributed by atoms with van der Waals surface area (Å²) in [5.41, 5.74) is 0. The molecular weight excluding hydrogens is 292 g/mol. The van der Waals surface area contributed by atoms with Crippen LogP contribution in [0.4, 0.5) is 0 Å². The topological polar surface area (TPSA) is 75.7 Å². The van der Waals surface area contributed by atoms with Gasteiger partial charge in [-0.15, -0.1) is 0 Å². The van der Waals surface area contributed by atoms with Crippen molar-refractivity contribution >= 4 is 15.9 Å². The maximum Gasteiger partial charge on any atom is 0.258 e. The molecule has 0 aliphatic carbocycles. The Kier molecular flexibility index (Phi) is 5.19. The summed E-state index contributed by atoms with van der Waals surface area (Å²) in [6.07, 6.45) is 2.47. The Morgan fingerprint density at radius 1 is 1.29 bits per heavy atom. The summed E-state index contributed by atoms with van der Waals surface area (Å²) >= 11 is 0. The lowest BCUT2D eigenvalue weighted by atomic mass is 10.1. The molecule has 1 saturated heterocycles. The number of ether oxygens (including phenoxy) is 1. The van der Waals surface area contributed by atoms with Gasteiger partial charge in [0.2, 0.25) is 10.0 Å². The van der Waals surface area contributed by atoms with Crippen LogP contribution in [0.5, 0.6) is 5.75 Å². The van der Waals surface area contributed by atoms with E-state index >= 15 is 0 Å². The van der Waals surface area contributed by atoms with E-state index in [1.165, 1.54) is 10.6 Å². The molecule has 0 bridgehead atoms. The fraction of sp³-hybridized carbons (Fsp3) is 0.500. The minimum absolute atomic E-state index is 0.00914. The third-order valence-electron chi connectivity index (χ3n) is 3.40. The SMILES string of the molecule is CS(=O)(=O)N1CCC(NC(=O)COc2ccccc2)CC1. The number of nitrogens with zero attached hydrogens (tertiary/aromatic N) is 1. The molecule has 1 aliphatic rings. The zero-order chi connectivity index (χ0) is 15.3. The number of rotatable bonds is 5. The number of nitrogens with one attached hydrogen (secondary N) is 1. The van der Waals surface area contributed by atoms with Crippen molar-refractivity contribution in [3.05, 3.63) is 30.3 Å². The zero-order valence-corrected chi connectivity index (χ0v) is 12.8. The molecule has 0 saturated carbocycles. The Morgan fingerprint density at radius 3 is 2.48 bits per heavy atom. The van der Waals surface area contributed by atoms with Crippen LogP contribution >= 0.6 is 0 Å². The normalized spacial score (nSPS) is 17.4. The van der Waals surface area contributed by atoms with Crippen molar-refractivity contribution in [3.63, 3.8) is 0 Å². The van der Waals surface area contributed by atoms with E-state index in [9.17, 15) is 13.2 Å². The van der Waals surface area contributed by atoms with Gasteiger partial charge in [0, 0.05) is 19.1 Å². The van der Waals surface area contributed by atoms with Gasteiger partial charge in [0.05, 0.1) is 6.26 Å². The Bertz CT molecular complexity index is 566. The van der Waals surface area contributed by atoms with Crippen molar-refractivity contribution < 1.29 is 17.9 Å². The average Bonchev–Trinajstić information content (AvgIpc) is 2.46. The molecular formula is C14H20N2O4S. The van der Waals surface area contributed by atoms with E-state index in [1.807, 2.05) is 18.2 Å². The van der Waals surface area contributed by atoms with Crippen LogP contribution in [0.15, 0.2) is 30.3 Å². The second-order valence-corrected chi connectivity index (χ2v) is 7.09. The van der Waals surface area contributed by atoms with Gasteiger partial charge >= 0.3 is 0 Å². The van der Waals surface area contributed by atoms with Crippen LogP contribution in [0.1, 0.15) is 12.8 Å². The lowest BCUT2D eigenvalue weighted by Gasteiger charge is -2.30. The first-order chi connectivity index (χ1) is 9.95. The van der Waals surface area contributed by atoms with Crippen molar-refractivity contribution in [1.82, 2.24) is 9.62 Å². The van der Waals surface area contributed by atoms with E-state index in [0.29, 0.717) is 31.7 Å². The second-order valence-electron chi connectivity index (χ2n) is 5.11. The summed E-state index contributed by atoms with van der Waals surface area (Å²) in [5.74, 6) is 0.469. The Morgan fingerprint density at radius 2 is 1.90 bits per heavy atom. The number of carbonyl (C=O) groups excluding carboxylic acids is 1. The van der Waals surface area contributed by atoms with E-state index in [4.69, 9.17) is 4.74 Å². The van der Waals surface area contributed by atoms with E-state index in [2.05, 4.69) is 5.32 Å². The molecule has 1 heterocycles. The highest BCUT2D eigenvalue weighted by atomic mass is 32.2. The van der Waals surface area contributed by atoms with Crippen molar-refractivity contribution in [2.75, 3.05) is 26.0 Å². The van der Waals surface area contributed by atoms with Gasteiger partial charge in [0.1, 0.15) is 5.75 Å². The van der Waals surface area contributed by atoms with Crippen molar-refractivity contribution in [2.45, 2.75) is 18.9 Å². The summed E-state index contributed by atoms with van der Waals surface area (Å²) in [7, 11) is -3.13. The number of hydrogen-bond donors (Lipinski definition) is 1. The maximum atomic E-state index is 11.8. The second kappa shape index (κ2) is 6.91. The van der Waals surface area contributed by atoms with Gasteiger partial charge in [-0.1, -0.05) is 18.2 Å². The molecule has 21 heavy (non-hydrogen) atoms. The Balaban J connectivity index is 1.72. The minimum Gasteiger partial charge on any atom is -0.484 e. The van der Waals surface area contributed by atoms with E-state index in [1.54, 1.807) is 12.1 Å².